The van der Waals surface area contributed by atoms with Crippen LogP contribution in [0.5, 0.6) is 0 Å². The van der Waals surface area contributed by atoms with Crippen molar-refractivity contribution in [2.24, 2.45) is 0 Å². The molecule has 0 bridgehead atoms. The molecule has 0 aliphatic carbocycles. The van der Waals surface area contributed by atoms with E-state index < -0.39 is 24.3 Å². The van der Waals surface area contributed by atoms with Gasteiger partial charge in [-0.3, -0.25) is 4.79 Å². The van der Waals surface area contributed by atoms with Gasteiger partial charge in [0.05, 0.1) is 5.56 Å². The molecule has 0 atom stereocenters. The first kappa shape index (κ1) is 12.4. The molecular formula is C10H9ClFNO3. The first-order valence-corrected chi connectivity index (χ1v) is 4.75. The summed E-state index contributed by atoms with van der Waals surface area (Å²) in [4.78, 5) is 22.1. The molecule has 0 aromatic heterocycles. The first-order valence-electron chi connectivity index (χ1n) is 4.37. The molecule has 0 unspecified atom stereocenters. The molecule has 86 valence electrons. The lowest BCUT2D eigenvalue weighted by Crippen LogP contribution is -2.25. The molecule has 4 nitrogen and oxygen atoms in total. The summed E-state index contributed by atoms with van der Waals surface area (Å²) in [5, 5.41) is 2.48. The maximum atomic E-state index is 13.2. The number of carbonyl (C=O) groups excluding carboxylic acids is 2. The number of rotatable bonds is 3. The molecule has 1 aromatic carbocycles. The van der Waals surface area contributed by atoms with Gasteiger partial charge in [0, 0.05) is 12.1 Å². The Balaban J connectivity index is 2.73. The fourth-order valence-electron chi connectivity index (χ4n) is 0.935. The largest absolute Gasteiger partial charge is 0.452 e. The van der Waals surface area contributed by atoms with E-state index in [1.54, 1.807) is 0 Å². The lowest BCUT2D eigenvalue weighted by atomic mass is 10.2. The number of likely N-dealkylation sites (N-methyl/N-ethyl adjacent to an activating group) is 1. The van der Waals surface area contributed by atoms with E-state index in [-0.39, 0.29) is 10.6 Å². The van der Waals surface area contributed by atoms with E-state index in [1.165, 1.54) is 13.1 Å². The Bertz CT molecular complexity index is 423. The molecule has 0 saturated heterocycles. The van der Waals surface area contributed by atoms with Crippen LogP contribution in [0.3, 0.4) is 0 Å². The predicted octanol–water partition coefficient (Wildman–Crippen LogP) is 1.38. The van der Waals surface area contributed by atoms with Crippen LogP contribution in [0, 0.1) is 5.82 Å². The van der Waals surface area contributed by atoms with E-state index >= 15 is 0 Å². The lowest BCUT2D eigenvalue weighted by molar-refractivity contribution is -0.123. The second-order valence-corrected chi connectivity index (χ2v) is 3.31. The van der Waals surface area contributed by atoms with Gasteiger partial charge in [0.25, 0.3) is 5.91 Å². The number of nitrogens with one attached hydrogen (secondary N) is 1. The van der Waals surface area contributed by atoms with Crippen molar-refractivity contribution in [1.82, 2.24) is 5.32 Å². The van der Waals surface area contributed by atoms with Gasteiger partial charge in [-0.25, -0.2) is 9.18 Å². The minimum Gasteiger partial charge on any atom is -0.452 e. The summed E-state index contributed by atoms with van der Waals surface area (Å²) in [6, 6.07) is 3.51. The maximum absolute atomic E-state index is 13.2. The van der Waals surface area contributed by atoms with Crippen molar-refractivity contribution in [3.05, 3.63) is 34.6 Å². The van der Waals surface area contributed by atoms with Crippen LogP contribution in [0.1, 0.15) is 10.4 Å². The zero-order chi connectivity index (χ0) is 12.1. The molecular weight excluding hydrogens is 237 g/mol. The van der Waals surface area contributed by atoms with Gasteiger partial charge in [0.15, 0.2) is 6.61 Å². The summed E-state index contributed by atoms with van der Waals surface area (Å²) < 4.78 is 17.7. The van der Waals surface area contributed by atoms with Crippen LogP contribution in [0.15, 0.2) is 18.2 Å². The Kier molecular flexibility index (Phi) is 4.25. The van der Waals surface area contributed by atoms with Gasteiger partial charge in [-0.1, -0.05) is 11.6 Å². The van der Waals surface area contributed by atoms with E-state index in [1.807, 2.05) is 0 Å². The molecule has 1 aromatic rings. The standard InChI is InChI=1S/C10H9ClFNO3/c1-13-9(14)5-16-10(15)7-4-6(11)2-3-8(7)12/h2-4H,5H2,1H3,(H,13,14). The van der Waals surface area contributed by atoms with Crippen molar-refractivity contribution in [2.75, 3.05) is 13.7 Å². The molecule has 0 aliphatic rings. The summed E-state index contributed by atoms with van der Waals surface area (Å²) in [6.45, 7) is -0.457. The predicted molar refractivity (Wildman–Crippen MR) is 55.8 cm³/mol. The second-order valence-electron chi connectivity index (χ2n) is 2.87. The third kappa shape index (κ3) is 3.20. The van der Waals surface area contributed by atoms with E-state index in [0.717, 1.165) is 12.1 Å². The van der Waals surface area contributed by atoms with Crippen molar-refractivity contribution in [1.29, 1.82) is 0 Å². The minimum absolute atomic E-state index is 0.216. The van der Waals surface area contributed by atoms with Gasteiger partial charge in [0.2, 0.25) is 0 Å². The monoisotopic (exact) mass is 245 g/mol. The molecule has 0 spiro atoms. The second kappa shape index (κ2) is 5.46. The fraction of sp³-hybridized carbons (Fsp3) is 0.200. The van der Waals surface area contributed by atoms with Crippen LogP contribution >= 0.6 is 11.6 Å². The van der Waals surface area contributed by atoms with Crippen LogP contribution in [0.4, 0.5) is 4.39 Å². The molecule has 1 rings (SSSR count). The van der Waals surface area contributed by atoms with Gasteiger partial charge < -0.3 is 10.1 Å². The first-order chi connectivity index (χ1) is 7.54. The number of halogens is 2. The van der Waals surface area contributed by atoms with Gasteiger partial charge >= 0.3 is 5.97 Å². The molecule has 1 amide bonds. The van der Waals surface area contributed by atoms with Gasteiger partial charge in [-0.2, -0.15) is 0 Å². The number of hydrogen-bond acceptors (Lipinski definition) is 3. The Morgan fingerprint density at radius 2 is 2.19 bits per heavy atom. The topological polar surface area (TPSA) is 55.4 Å². The highest BCUT2D eigenvalue weighted by Gasteiger charge is 2.14. The summed E-state index contributed by atoms with van der Waals surface area (Å²) in [5.41, 5.74) is -0.295. The van der Waals surface area contributed by atoms with Crippen molar-refractivity contribution in [3.63, 3.8) is 0 Å². The Morgan fingerprint density at radius 1 is 1.50 bits per heavy atom. The molecule has 0 heterocycles. The summed E-state index contributed by atoms with van der Waals surface area (Å²) >= 11 is 5.60. The average Bonchev–Trinajstić information content (AvgIpc) is 2.28. The highest BCUT2D eigenvalue weighted by molar-refractivity contribution is 6.30. The molecule has 0 fully saturated rings. The molecule has 0 saturated carbocycles. The minimum atomic E-state index is -0.927. The summed E-state index contributed by atoms with van der Waals surface area (Å²) in [5.74, 6) is -2.15. The Morgan fingerprint density at radius 3 is 2.81 bits per heavy atom. The van der Waals surface area contributed by atoms with E-state index in [9.17, 15) is 14.0 Å². The zero-order valence-electron chi connectivity index (χ0n) is 8.42. The van der Waals surface area contributed by atoms with E-state index in [0.29, 0.717) is 0 Å². The van der Waals surface area contributed by atoms with E-state index in [4.69, 9.17) is 11.6 Å². The highest BCUT2D eigenvalue weighted by Crippen LogP contribution is 2.15. The highest BCUT2D eigenvalue weighted by atomic mass is 35.5. The normalized spacial score (nSPS) is 9.69. The average molecular weight is 246 g/mol. The third-order valence-electron chi connectivity index (χ3n) is 1.76. The van der Waals surface area contributed by atoms with Crippen LogP contribution in [-0.2, 0) is 9.53 Å². The van der Waals surface area contributed by atoms with Crippen molar-refractivity contribution >= 4 is 23.5 Å². The fourth-order valence-corrected chi connectivity index (χ4v) is 1.11. The lowest BCUT2D eigenvalue weighted by Gasteiger charge is -2.04. The van der Waals surface area contributed by atoms with Crippen molar-refractivity contribution in [2.45, 2.75) is 0 Å². The number of amides is 1. The molecule has 0 aliphatic heterocycles. The van der Waals surface area contributed by atoms with Crippen LogP contribution in [0.2, 0.25) is 5.02 Å². The Hall–Kier alpha value is -1.62. The molecule has 16 heavy (non-hydrogen) atoms. The number of benzene rings is 1. The van der Waals surface area contributed by atoms with Gasteiger partial charge in [-0.05, 0) is 18.2 Å². The van der Waals surface area contributed by atoms with Crippen molar-refractivity contribution in [3.8, 4) is 0 Å². The smallest absolute Gasteiger partial charge is 0.341 e. The SMILES string of the molecule is CNC(=O)COC(=O)c1cc(Cl)ccc1F. The van der Waals surface area contributed by atoms with Crippen LogP contribution in [-0.4, -0.2) is 25.5 Å². The quantitative estimate of drug-likeness (QED) is 0.819. The summed E-state index contributed by atoms with van der Waals surface area (Å²) in [6.07, 6.45) is 0. The molecule has 0 radical (unpaired) electrons. The van der Waals surface area contributed by atoms with Crippen molar-refractivity contribution < 1.29 is 18.7 Å². The molecule has 1 N–H and O–H groups in total. The molecule has 6 heteroatoms. The number of esters is 1. The summed E-state index contributed by atoms with van der Waals surface area (Å²) in [7, 11) is 1.40. The van der Waals surface area contributed by atoms with Gasteiger partial charge in [0.1, 0.15) is 5.82 Å². The maximum Gasteiger partial charge on any atom is 0.341 e. The third-order valence-corrected chi connectivity index (χ3v) is 2.00. The number of hydrogen-bond donors (Lipinski definition) is 1. The van der Waals surface area contributed by atoms with E-state index in [2.05, 4.69) is 10.1 Å². The van der Waals surface area contributed by atoms with Gasteiger partial charge in [-0.15, -0.1) is 0 Å². The number of ether oxygens (including phenoxy) is 1. The van der Waals surface area contributed by atoms with Crippen LogP contribution in [0.25, 0.3) is 0 Å². The Labute approximate surface area is 96.3 Å². The zero-order valence-corrected chi connectivity index (χ0v) is 9.18. The van der Waals surface area contributed by atoms with Crippen LogP contribution < -0.4 is 5.32 Å². The number of carbonyl (C=O) groups is 2.